The number of hydrogen-bond acceptors (Lipinski definition) is 4. The zero-order valence-electron chi connectivity index (χ0n) is 10.2. The molecule has 19 heavy (non-hydrogen) atoms. The van der Waals surface area contributed by atoms with Crippen molar-refractivity contribution >= 4 is 10.9 Å². The molecular weight excluding hydrogens is 246 g/mol. The highest BCUT2D eigenvalue weighted by Gasteiger charge is 2.48. The summed E-state index contributed by atoms with van der Waals surface area (Å²) in [6, 6.07) is 7.07. The summed E-state index contributed by atoms with van der Waals surface area (Å²) in [7, 11) is 0. The Morgan fingerprint density at radius 2 is 2.26 bits per heavy atom. The van der Waals surface area contributed by atoms with Crippen molar-refractivity contribution in [1.82, 2.24) is 10.0 Å². The molecule has 1 fully saturated rings. The van der Waals surface area contributed by atoms with Crippen molar-refractivity contribution in [3.63, 3.8) is 0 Å². The third-order valence-corrected chi connectivity index (χ3v) is 4.08. The van der Waals surface area contributed by atoms with Gasteiger partial charge in [0.15, 0.2) is 0 Å². The van der Waals surface area contributed by atoms with Gasteiger partial charge in [0.2, 0.25) is 0 Å². The van der Waals surface area contributed by atoms with Gasteiger partial charge in [-0.2, -0.15) is 5.06 Å². The summed E-state index contributed by atoms with van der Waals surface area (Å²) in [6.45, 7) is 0.871. The van der Waals surface area contributed by atoms with Gasteiger partial charge in [0, 0.05) is 28.1 Å². The number of nitro groups is 1. The second-order valence-electron chi connectivity index (χ2n) is 5.05. The molecule has 6 heteroatoms. The number of benzene rings is 1. The molecule has 0 amide bonds. The maximum atomic E-state index is 11.2. The Bertz CT molecular complexity index is 666. The molecule has 0 radical (unpaired) electrons. The van der Waals surface area contributed by atoms with E-state index in [1.165, 1.54) is 10.9 Å². The normalized spacial score (nSPS) is 26.3. The number of rotatable bonds is 1. The number of aromatic amines is 1. The predicted octanol–water partition coefficient (Wildman–Crippen LogP) is 1.66. The second-order valence-corrected chi connectivity index (χ2v) is 5.05. The number of aromatic nitrogens is 1. The lowest BCUT2D eigenvalue weighted by atomic mass is 9.95. The third-order valence-electron chi connectivity index (χ3n) is 4.08. The molecule has 0 bridgehead atoms. The smallest absolute Gasteiger partial charge is 0.261 e. The van der Waals surface area contributed by atoms with Crippen molar-refractivity contribution in [3.05, 3.63) is 45.6 Å². The van der Waals surface area contributed by atoms with Gasteiger partial charge in [0.05, 0.1) is 0 Å². The van der Waals surface area contributed by atoms with Crippen LogP contribution in [0.2, 0.25) is 0 Å². The molecule has 4 rings (SSSR count). The SMILES string of the molecule is O=[N+]([O-])[C@@H]1CON2CCc3c([nH]c4ccccc34)[C@@H]12. The zero-order valence-corrected chi connectivity index (χ0v) is 10.2. The van der Waals surface area contributed by atoms with Crippen LogP contribution in [0.4, 0.5) is 0 Å². The van der Waals surface area contributed by atoms with E-state index in [0.29, 0.717) is 6.54 Å². The van der Waals surface area contributed by atoms with Crippen LogP contribution in [-0.4, -0.2) is 34.2 Å². The molecule has 0 unspecified atom stereocenters. The molecule has 2 aliphatic heterocycles. The number of hydroxylamine groups is 2. The third kappa shape index (κ3) is 1.44. The van der Waals surface area contributed by atoms with Crippen LogP contribution in [0.25, 0.3) is 10.9 Å². The molecule has 1 aromatic heterocycles. The quantitative estimate of drug-likeness (QED) is 0.624. The Morgan fingerprint density at radius 3 is 3.11 bits per heavy atom. The fourth-order valence-electron chi connectivity index (χ4n) is 3.22. The van der Waals surface area contributed by atoms with Gasteiger partial charge in [0.25, 0.3) is 6.04 Å². The van der Waals surface area contributed by atoms with E-state index < -0.39 is 6.04 Å². The van der Waals surface area contributed by atoms with E-state index in [2.05, 4.69) is 11.1 Å². The van der Waals surface area contributed by atoms with E-state index in [-0.39, 0.29) is 17.6 Å². The van der Waals surface area contributed by atoms with Gasteiger partial charge in [0.1, 0.15) is 12.6 Å². The summed E-state index contributed by atoms with van der Waals surface area (Å²) in [5, 5.41) is 14.1. The molecule has 2 aromatic rings. The molecule has 6 nitrogen and oxygen atoms in total. The predicted molar refractivity (Wildman–Crippen MR) is 68.2 cm³/mol. The van der Waals surface area contributed by atoms with Crippen molar-refractivity contribution < 1.29 is 9.76 Å². The highest BCUT2D eigenvalue weighted by atomic mass is 16.7. The molecule has 1 saturated heterocycles. The Kier molecular flexibility index (Phi) is 2.18. The molecule has 3 heterocycles. The summed E-state index contributed by atoms with van der Waals surface area (Å²) >= 11 is 0. The van der Waals surface area contributed by atoms with Crippen LogP contribution in [0, 0.1) is 10.1 Å². The van der Waals surface area contributed by atoms with Gasteiger partial charge >= 0.3 is 0 Å². The first kappa shape index (κ1) is 11.0. The zero-order chi connectivity index (χ0) is 13.0. The molecule has 2 atom stereocenters. The Morgan fingerprint density at radius 1 is 1.42 bits per heavy atom. The number of para-hydroxylation sites is 1. The van der Waals surface area contributed by atoms with E-state index in [1.54, 1.807) is 5.06 Å². The topological polar surface area (TPSA) is 71.4 Å². The van der Waals surface area contributed by atoms with Crippen molar-refractivity contribution in [1.29, 1.82) is 0 Å². The van der Waals surface area contributed by atoms with E-state index in [4.69, 9.17) is 4.84 Å². The summed E-state index contributed by atoms with van der Waals surface area (Å²) in [4.78, 5) is 19.7. The van der Waals surface area contributed by atoms with E-state index in [1.807, 2.05) is 18.2 Å². The van der Waals surface area contributed by atoms with Crippen molar-refractivity contribution in [2.45, 2.75) is 18.5 Å². The summed E-state index contributed by atoms with van der Waals surface area (Å²) in [6.07, 6.45) is 0.861. The summed E-state index contributed by atoms with van der Waals surface area (Å²) < 4.78 is 0. The first-order valence-electron chi connectivity index (χ1n) is 6.38. The van der Waals surface area contributed by atoms with Gasteiger partial charge in [-0.15, -0.1) is 0 Å². The number of H-pyrrole nitrogens is 1. The van der Waals surface area contributed by atoms with Gasteiger partial charge in [-0.25, -0.2) is 0 Å². The largest absolute Gasteiger partial charge is 0.357 e. The fraction of sp³-hybridized carbons (Fsp3) is 0.385. The minimum atomic E-state index is -0.688. The number of nitrogens with one attached hydrogen (secondary N) is 1. The first-order chi connectivity index (χ1) is 9.25. The van der Waals surface area contributed by atoms with Crippen LogP contribution in [-0.2, 0) is 11.3 Å². The maximum absolute atomic E-state index is 11.2. The highest BCUT2D eigenvalue weighted by molar-refractivity contribution is 5.85. The molecule has 0 aliphatic carbocycles. The van der Waals surface area contributed by atoms with Crippen LogP contribution in [0.1, 0.15) is 17.3 Å². The number of fused-ring (bicyclic) bond motifs is 5. The van der Waals surface area contributed by atoms with Crippen molar-refractivity contribution in [2.24, 2.45) is 0 Å². The van der Waals surface area contributed by atoms with Gasteiger partial charge in [-0.3, -0.25) is 15.0 Å². The van der Waals surface area contributed by atoms with Crippen LogP contribution >= 0.6 is 0 Å². The minimum absolute atomic E-state index is 0.159. The Labute approximate surface area is 109 Å². The molecule has 0 saturated carbocycles. The molecule has 98 valence electrons. The van der Waals surface area contributed by atoms with Crippen LogP contribution in [0.15, 0.2) is 24.3 Å². The molecule has 1 aromatic carbocycles. The van der Waals surface area contributed by atoms with Crippen LogP contribution < -0.4 is 0 Å². The lowest BCUT2D eigenvalue weighted by Gasteiger charge is -2.27. The first-order valence-corrected chi connectivity index (χ1v) is 6.38. The van der Waals surface area contributed by atoms with E-state index in [0.717, 1.165) is 17.6 Å². The fourth-order valence-corrected chi connectivity index (χ4v) is 3.22. The standard InChI is InChI=1S/C13H13N3O3/c17-16(18)11-7-19-15-6-5-9-8-3-1-2-4-10(8)14-12(9)13(11)15/h1-4,11,13-14H,5-7H2/t11-,13-/m1/s1. The van der Waals surface area contributed by atoms with E-state index >= 15 is 0 Å². The molecular formula is C13H13N3O3. The van der Waals surface area contributed by atoms with Gasteiger partial charge in [-0.05, 0) is 18.1 Å². The minimum Gasteiger partial charge on any atom is -0.357 e. The molecule has 2 aliphatic rings. The van der Waals surface area contributed by atoms with Crippen LogP contribution in [0.5, 0.6) is 0 Å². The molecule has 1 N–H and O–H groups in total. The maximum Gasteiger partial charge on any atom is 0.261 e. The highest BCUT2D eigenvalue weighted by Crippen LogP contribution is 2.40. The van der Waals surface area contributed by atoms with Gasteiger partial charge < -0.3 is 4.98 Å². The monoisotopic (exact) mass is 259 g/mol. The lowest BCUT2D eigenvalue weighted by molar-refractivity contribution is -0.523. The summed E-state index contributed by atoms with van der Waals surface area (Å²) in [5.74, 6) is 0. The second kappa shape index (κ2) is 3.79. The van der Waals surface area contributed by atoms with Crippen molar-refractivity contribution in [2.75, 3.05) is 13.2 Å². The summed E-state index contributed by atoms with van der Waals surface area (Å²) in [5.41, 5.74) is 3.20. The Hall–Kier alpha value is -1.92. The number of nitrogens with zero attached hydrogens (tertiary/aromatic N) is 2. The van der Waals surface area contributed by atoms with E-state index in [9.17, 15) is 10.1 Å². The lowest BCUT2D eigenvalue weighted by Crippen LogP contribution is -2.36. The molecule has 0 spiro atoms. The van der Waals surface area contributed by atoms with Crippen molar-refractivity contribution in [3.8, 4) is 0 Å². The number of hydrogen-bond donors (Lipinski definition) is 1. The Balaban J connectivity index is 1.90. The average Bonchev–Trinajstić information content (AvgIpc) is 2.99. The average molecular weight is 259 g/mol. The van der Waals surface area contributed by atoms with Gasteiger partial charge in [-0.1, -0.05) is 18.2 Å². The van der Waals surface area contributed by atoms with Crippen LogP contribution in [0.3, 0.4) is 0 Å².